The van der Waals surface area contributed by atoms with Crippen molar-refractivity contribution in [2.24, 2.45) is 11.8 Å². The fraction of sp³-hybridized carbons (Fsp3) is 0.480. The van der Waals surface area contributed by atoms with E-state index < -0.39 is 0 Å². The van der Waals surface area contributed by atoms with E-state index in [-0.39, 0.29) is 12.0 Å². The van der Waals surface area contributed by atoms with Gasteiger partial charge in [0.25, 0.3) is 6.01 Å². The van der Waals surface area contributed by atoms with Crippen molar-refractivity contribution in [1.29, 1.82) is 0 Å². The number of fused-ring (bicyclic) bond motifs is 2. The fourth-order valence-corrected chi connectivity index (χ4v) is 5.82. The number of aromatic nitrogens is 3. The van der Waals surface area contributed by atoms with E-state index in [4.69, 9.17) is 26.1 Å². The second kappa shape index (κ2) is 8.74. The van der Waals surface area contributed by atoms with Crippen molar-refractivity contribution >= 4 is 34.4 Å². The average Bonchev–Trinajstić information content (AvgIpc) is 3.52. The van der Waals surface area contributed by atoms with Crippen molar-refractivity contribution in [3.63, 3.8) is 0 Å². The van der Waals surface area contributed by atoms with Gasteiger partial charge in [0.15, 0.2) is 5.65 Å². The summed E-state index contributed by atoms with van der Waals surface area (Å²) in [4.78, 5) is 28.5. The molecule has 4 heterocycles. The Labute approximate surface area is 203 Å². The van der Waals surface area contributed by atoms with Crippen molar-refractivity contribution in [2.75, 3.05) is 44.3 Å². The predicted octanol–water partition coefficient (Wildman–Crippen LogP) is 3.75. The van der Waals surface area contributed by atoms with Crippen LogP contribution in [0.2, 0.25) is 5.02 Å². The van der Waals surface area contributed by atoms with Crippen molar-refractivity contribution in [1.82, 2.24) is 19.9 Å². The number of carbonyl (C=O) groups is 1. The largest absolute Gasteiger partial charge is 0.461 e. The minimum Gasteiger partial charge on any atom is -0.461 e. The van der Waals surface area contributed by atoms with E-state index in [2.05, 4.69) is 39.1 Å². The number of carbonyl (C=O) groups excluding carboxylic acids is 1. The van der Waals surface area contributed by atoms with E-state index in [0.29, 0.717) is 34.2 Å². The number of amides is 1. The summed E-state index contributed by atoms with van der Waals surface area (Å²) in [6.07, 6.45) is 1.99. The number of anilines is 1. The lowest BCUT2D eigenvalue weighted by molar-refractivity contribution is -0.128. The Morgan fingerprint density at radius 1 is 1.12 bits per heavy atom. The van der Waals surface area contributed by atoms with Gasteiger partial charge in [0, 0.05) is 44.4 Å². The molecule has 1 N–H and O–H groups in total. The highest BCUT2D eigenvalue weighted by Gasteiger charge is 2.42. The summed E-state index contributed by atoms with van der Waals surface area (Å²) in [7, 11) is 0. The van der Waals surface area contributed by atoms with Crippen LogP contribution in [-0.4, -0.2) is 71.3 Å². The average molecular weight is 482 g/mol. The van der Waals surface area contributed by atoms with Crippen LogP contribution >= 0.6 is 11.6 Å². The molecule has 8 nitrogen and oxygen atoms in total. The monoisotopic (exact) mass is 481 g/mol. The van der Waals surface area contributed by atoms with E-state index in [9.17, 15) is 4.79 Å². The zero-order valence-corrected chi connectivity index (χ0v) is 19.9. The number of benzene rings is 1. The quantitative estimate of drug-likeness (QED) is 0.611. The van der Waals surface area contributed by atoms with E-state index >= 15 is 0 Å². The van der Waals surface area contributed by atoms with Crippen LogP contribution in [0.3, 0.4) is 0 Å². The summed E-state index contributed by atoms with van der Waals surface area (Å²) in [6, 6.07) is 10.7. The van der Waals surface area contributed by atoms with Crippen molar-refractivity contribution < 1.29 is 14.3 Å². The Balaban J connectivity index is 1.17. The normalized spacial score (nSPS) is 24.6. The number of H-pyrrole nitrogens is 1. The third-order valence-corrected chi connectivity index (χ3v) is 7.64. The van der Waals surface area contributed by atoms with Gasteiger partial charge < -0.3 is 24.3 Å². The number of hydrogen-bond acceptors (Lipinski definition) is 6. The molecule has 3 aliphatic rings. The number of halogens is 1. The lowest BCUT2D eigenvalue weighted by Gasteiger charge is -2.28. The summed E-state index contributed by atoms with van der Waals surface area (Å²) in [5, 5.41) is 0.571. The molecule has 3 atom stereocenters. The van der Waals surface area contributed by atoms with Crippen LogP contribution in [0, 0.1) is 11.8 Å². The SMILES string of the molecule is CC(=O)N1C[C@H]2C[C@H](Oc3nc4nc(-c5ccc(N6CCOCC6)cc5)c(Cl)cc4[nH]3)C[C@H]2C1. The van der Waals surface area contributed by atoms with Gasteiger partial charge >= 0.3 is 0 Å². The first-order valence-corrected chi connectivity index (χ1v) is 12.3. The van der Waals surface area contributed by atoms with Gasteiger partial charge in [0.05, 0.1) is 29.4 Å². The van der Waals surface area contributed by atoms with E-state index in [1.54, 1.807) is 6.92 Å². The molecule has 1 saturated carbocycles. The van der Waals surface area contributed by atoms with Crippen LogP contribution < -0.4 is 9.64 Å². The third-order valence-electron chi connectivity index (χ3n) is 7.35. The number of nitrogens with zero attached hydrogens (tertiary/aromatic N) is 4. The van der Waals surface area contributed by atoms with Crippen molar-refractivity contribution in [2.45, 2.75) is 25.9 Å². The molecule has 2 aliphatic heterocycles. The van der Waals surface area contributed by atoms with Crippen LogP contribution in [-0.2, 0) is 9.53 Å². The molecule has 9 heteroatoms. The number of morpholine rings is 1. The third kappa shape index (κ3) is 4.09. The number of imidazole rings is 1. The Morgan fingerprint density at radius 3 is 2.50 bits per heavy atom. The molecule has 1 amide bonds. The molecule has 178 valence electrons. The molecule has 2 aromatic heterocycles. The molecule has 0 radical (unpaired) electrons. The maximum atomic E-state index is 11.7. The van der Waals surface area contributed by atoms with Crippen LogP contribution in [0.1, 0.15) is 19.8 Å². The molecule has 6 rings (SSSR count). The Hall–Kier alpha value is -2.84. The summed E-state index contributed by atoms with van der Waals surface area (Å²) in [5.74, 6) is 1.19. The molecule has 3 fully saturated rings. The molecule has 0 spiro atoms. The number of likely N-dealkylation sites (tertiary alicyclic amines) is 1. The van der Waals surface area contributed by atoms with E-state index in [0.717, 1.165) is 63.3 Å². The molecule has 1 aromatic carbocycles. The molecule has 0 bridgehead atoms. The first-order chi connectivity index (χ1) is 16.5. The number of aromatic amines is 1. The zero-order chi connectivity index (χ0) is 23.2. The predicted molar refractivity (Wildman–Crippen MR) is 130 cm³/mol. The summed E-state index contributed by atoms with van der Waals surface area (Å²) in [6.45, 7) is 6.64. The van der Waals surface area contributed by atoms with Gasteiger partial charge in [-0.05, 0) is 42.9 Å². The highest BCUT2D eigenvalue weighted by molar-refractivity contribution is 6.33. The highest BCUT2D eigenvalue weighted by Crippen LogP contribution is 2.40. The minimum absolute atomic E-state index is 0.104. The van der Waals surface area contributed by atoms with Gasteiger partial charge in [-0.2, -0.15) is 4.98 Å². The van der Waals surface area contributed by atoms with Gasteiger partial charge in [0.1, 0.15) is 6.10 Å². The van der Waals surface area contributed by atoms with Gasteiger partial charge in [0.2, 0.25) is 5.91 Å². The standard InChI is InChI=1S/C25H28ClN5O3/c1-15(32)31-13-17-10-20(11-18(17)14-31)34-25-27-22-12-21(26)23(28-24(22)29-25)16-2-4-19(5-3-16)30-6-8-33-9-7-30/h2-5,12,17-18,20H,6-11,13-14H2,1H3,(H,27,28,29)/t17-,18+,20+. The summed E-state index contributed by atoms with van der Waals surface area (Å²) >= 11 is 6.60. The van der Waals surface area contributed by atoms with Gasteiger partial charge in [-0.1, -0.05) is 23.7 Å². The topological polar surface area (TPSA) is 83.6 Å². The smallest absolute Gasteiger partial charge is 0.296 e. The van der Waals surface area contributed by atoms with Crippen LogP contribution in [0.5, 0.6) is 6.01 Å². The number of rotatable bonds is 4. The number of pyridine rings is 1. The lowest BCUT2D eigenvalue weighted by Crippen LogP contribution is -2.36. The second-order valence-electron chi connectivity index (χ2n) is 9.53. The van der Waals surface area contributed by atoms with Crippen molar-refractivity contribution in [3.05, 3.63) is 35.4 Å². The molecule has 34 heavy (non-hydrogen) atoms. The van der Waals surface area contributed by atoms with Gasteiger partial charge in [-0.3, -0.25) is 4.79 Å². The molecular formula is C25H28ClN5O3. The fourth-order valence-electron chi connectivity index (χ4n) is 5.56. The number of hydrogen-bond donors (Lipinski definition) is 1. The van der Waals surface area contributed by atoms with Crippen molar-refractivity contribution in [3.8, 4) is 17.3 Å². The Kier molecular flexibility index (Phi) is 5.57. The van der Waals surface area contributed by atoms with Gasteiger partial charge in [-0.15, -0.1) is 0 Å². The molecule has 1 aliphatic carbocycles. The first-order valence-electron chi connectivity index (χ1n) is 11.9. The number of ether oxygens (including phenoxy) is 2. The van der Waals surface area contributed by atoms with Gasteiger partial charge in [-0.25, -0.2) is 4.98 Å². The molecule has 3 aromatic rings. The molecular weight excluding hydrogens is 454 g/mol. The van der Waals surface area contributed by atoms with E-state index in [1.807, 2.05) is 11.0 Å². The Bertz CT molecular complexity index is 1190. The summed E-state index contributed by atoms with van der Waals surface area (Å²) in [5.41, 5.74) is 4.18. The second-order valence-corrected chi connectivity index (χ2v) is 9.94. The van der Waals surface area contributed by atoms with Crippen LogP contribution in [0.4, 0.5) is 5.69 Å². The zero-order valence-electron chi connectivity index (χ0n) is 19.2. The van der Waals surface area contributed by atoms with E-state index in [1.165, 1.54) is 5.69 Å². The van der Waals surface area contributed by atoms with Crippen LogP contribution in [0.25, 0.3) is 22.4 Å². The molecule has 2 saturated heterocycles. The first kappa shape index (κ1) is 21.7. The molecule has 0 unspecified atom stereocenters. The highest BCUT2D eigenvalue weighted by atomic mass is 35.5. The maximum Gasteiger partial charge on any atom is 0.296 e. The number of nitrogens with one attached hydrogen (secondary N) is 1. The Morgan fingerprint density at radius 2 is 1.82 bits per heavy atom. The minimum atomic E-state index is 0.104. The summed E-state index contributed by atoms with van der Waals surface area (Å²) < 4.78 is 11.6. The lowest BCUT2D eigenvalue weighted by atomic mass is 10.0. The van der Waals surface area contributed by atoms with Crippen LogP contribution in [0.15, 0.2) is 30.3 Å². The maximum absolute atomic E-state index is 11.7.